The van der Waals surface area contributed by atoms with Gasteiger partial charge in [0.1, 0.15) is 11.4 Å². The molecule has 1 aliphatic rings. The molecule has 8 heteroatoms. The van der Waals surface area contributed by atoms with Crippen LogP contribution < -0.4 is 5.32 Å². The summed E-state index contributed by atoms with van der Waals surface area (Å²) in [5.41, 5.74) is 2.40. The van der Waals surface area contributed by atoms with Crippen LogP contribution in [0.1, 0.15) is 51.7 Å². The van der Waals surface area contributed by atoms with E-state index in [0.29, 0.717) is 32.7 Å². The Morgan fingerprint density at radius 1 is 1.20 bits per heavy atom. The van der Waals surface area contributed by atoms with Crippen molar-refractivity contribution in [3.05, 3.63) is 35.4 Å². The smallest absolute Gasteiger partial charge is 0.410 e. The molecule has 0 atom stereocenters. The van der Waals surface area contributed by atoms with E-state index in [0.717, 1.165) is 17.0 Å². The maximum Gasteiger partial charge on any atom is 0.410 e. The molecule has 0 spiro atoms. The van der Waals surface area contributed by atoms with Gasteiger partial charge in [-0.25, -0.2) is 9.78 Å². The molecule has 1 saturated heterocycles. The summed E-state index contributed by atoms with van der Waals surface area (Å²) >= 11 is 0. The summed E-state index contributed by atoms with van der Waals surface area (Å²) in [4.78, 5) is 28.4. The Morgan fingerprint density at radius 3 is 2.40 bits per heavy atom. The lowest BCUT2D eigenvalue weighted by atomic mass is 10.1. The first-order valence-electron chi connectivity index (χ1n) is 10.2. The number of aryl methyl sites for hydroxylation is 2. The number of imidazole rings is 1. The molecule has 3 rings (SSSR count). The summed E-state index contributed by atoms with van der Waals surface area (Å²) in [7, 11) is 0. The number of nitrogens with one attached hydrogen (secondary N) is 1. The van der Waals surface area contributed by atoms with E-state index in [4.69, 9.17) is 9.47 Å². The molecule has 3 heterocycles. The zero-order valence-corrected chi connectivity index (χ0v) is 19.1. The highest BCUT2D eigenvalue weighted by molar-refractivity contribution is 5.68. The van der Waals surface area contributed by atoms with Crippen LogP contribution in [0.3, 0.4) is 0 Å². The van der Waals surface area contributed by atoms with E-state index in [9.17, 15) is 9.59 Å². The van der Waals surface area contributed by atoms with Crippen molar-refractivity contribution in [2.24, 2.45) is 0 Å². The zero-order chi connectivity index (χ0) is 22.5. The standard InChI is InChI=1S/C13H17N3O.C9H17NO3/c1-9-6-5-7-16-11(9)10(2)15-12(16)13(3,4)14-8-17;1-9(2,3)13-8(11)10-4-6-12-7-5-10/h5-8H,1-4H3,(H,14,17);4-7H2,1-3H3. The Bertz CT molecular complexity index is 877. The molecule has 1 fully saturated rings. The van der Waals surface area contributed by atoms with Gasteiger partial charge in [0, 0.05) is 19.3 Å². The van der Waals surface area contributed by atoms with Crippen molar-refractivity contribution in [2.75, 3.05) is 26.3 Å². The lowest BCUT2D eigenvalue weighted by Crippen LogP contribution is -2.43. The molecule has 0 aliphatic carbocycles. The summed E-state index contributed by atoms with van der Waals surface area (Å²) in [6.45, 7) is 16.0. The second-order valence-electron chi connectivity index (χ2n) is 8.90. The van der Waals surface area contributed by atoms with Gasteiger partial charge in [0.05, 0.1) is 30.0 Å². The normalized spacial score (nSPS) is 14.7. The van der Waals surface area contributed by atoms with Crippen LogP contribution >= 0.6 is 0 Å². The van der Waals surface area contributed by atoms with Crippen LogP contribution in [-0.4, -0.2) is 58.7 Å². The quantitative estimate of drug-likeness (QED) is 0.774. The number of fused-ring (bicyclic) bond motifs is 1. The van der Waals surface area contributed by atoms with Crippen LogP contribution in [0, 0.1) is 13.8 Å². The highest BCUT2D eigenvalue weighted by Crippen LogP contribution is 2.24. The van der Waals surface area contributed by atoms with Crippen LogP contribution in [0.15, 0.2) is 18.3 Å². The average Bonchev–Trinajstić information content (AvgIpc) is 3.01. The van der Waals surface area contributed by atoms with E-state index < -0.39 is 11.1 Å². The monoisotopic (exact) mass is 418 g/mol. The van der Waals surface area contributed by atoms with E-state index in [1.165, 1.54) is 5.56 Å². The van der Waals surface area contributed by atoms with Crippen LogP contribution in [0.5, 0.6) is 0 Å². The second kappa shape index (κ2) is 9.47. The Kier molecular flexibility index (Phi) is 7.47. The molecule has 30 heavy (non-hydrogen) atoms. The summed E-state index contributed by atoms with van der Waals surface area (Å²) in [5, 5.41) is 2.80. The van der Waals surface area contributed by atoms with Crippen LogP contribution in [0.2, 0.25) is 0 Å². The van der Waals surface area contributed by atoms with Crippen molar-refractivity contribution in [1.82, 2.24) is 19.6 Å². The molecular formula is C22H34N4O4. The van der Waals surface area contributed by atoms with Gasteiger partial charge in [-0.1, -0.05) is 6.07 Å². The first kappa shape index (κ1) is 23.7. The molecule has 0 unspecified atom stereocenters. The number of ether oxygens (including phenoxy) is 2. The molecule has 1 N–H and O–H groups in total. The number of nitrogens with zero attached hydrogens (tertiary/aromatic N) is 3. The molecule has 0 aromatic carbocycles. The van der Waals surface area contributed by atoms with Crippen molar-refractivity contribution in [1.29, 1.82) is 0 Å². The third kappa shape index (κ3) is 5.95. The minimum absolute atomic E-state index is 0.240. The van der Waals surface area contributed by atoms with Gasteiger partial charge in [-0.15, -0.1) is 0 Å². The number of carbonyl (C=O) groups excluding carboxylic acids is 2. The van der Waals surface area contributed by atoms with Gasteiger partial charge in [0.25, 0.3) is 0 Å². The molecule has 8 nitrogen and oxygen atoms in total. The highest BCUT2D eigenvalue weighted by atomic mass is 16.6. The topological polar surface area (TPSA) is 85.2 Å². The van der Waals surface area contributed by atoms with Crippen molar-refractivity contribution in [2.45, 2.75) is 59.6 Å². The maximum absolute atomic E-state index is 11.5. The molecule has 2 aromatic heterocycles. The minimum atomic E-state index is -0.479. The van der Waals surface area contributed by atoms with Crippen molar-refractivity contribution < 1.29 is 19.1 Å². The Balaban J connectivity index is 0.000000222. The van der Waals surface area contributed by atoms with Gasteiger partial charge in [-0.3, -0.25) is 4.79 Å². The molecule has 166 valence electrons. The third-order valence-electron chi connectivity index (χ3n) is 4.68. The lowest BCUT2D eigenvalue weighted by molar-refractivity contribution is -0.111. The molecule has 0 saturated carbocycles. The molecule has 1 aliphatic heterocycles. The van der Waals surface area contributed by atoms with Gasteiger partial charge in [-0.2, -0.15) is 0 Å². The van der Waals surface area contributed by atoms with Gasteiger partial charge >= 0.3 is 6.09 Å². The van der Waals surface area contributed by atoms with E-state index in [1.54, 1.807) is 4.90 Å². The summed E-state index contributed by atoms with van der Waals surface area (Å²) in [6, 6.07) is 4.05. The number of hydrogen-bond donors (Lipinski definition) is 1. The summed E-state index contributed by atoms with van der Waals surface area (Å²) in [6.07, 6.45) is 2.45. The van der Waals surface area contributed by atoms with Gasteiger partial charge in [0.2, 0.25) is 6.41 Å². The largest absolute Gasteiger partial charge is 0.444 e. The van der Waals surface area contributed by atoms with Crippen molar-refractivity contribution in [3.8, 4) is 0 Å². The van der Waals surface area contributed by atoms with Gasteiger partial charge < -0.3 is 24.1 Å². The predicted octanol–water partition coefficient (Wildman–Crippen LogP) is 3.19. The van der Waals surface area contributed by atoms with E-state index in [-0.39, 0.29) is 6.09 Å². The predicted molar refractivity (Wildman–Crippen MR) is 116 cm³/mol. The van der Waals surface area contributed by atoms with E-state index in [2.05, 4.69) is 23.3 Å². The second-order valence-corrected chi connectivity index (χ2v) is 8.90. The van der Waals surface area contributed by atoms with Crippen LogP contribution in [0.25, 0.3) is 5.52 Å². The number of carbonyl (C=O) groups is 2. The summed E-state index contributed by atoms with van der Waals surface area (Å²) in [5.74, 6) is 0.848. The Hall–Kier alpha value is -2.61. The maximum atomic E-state index is 11.5. The van der Waals surface area contributed by atoms with Gasteiger partial charge in [-0.05, 0) is 60.1 Å². The van der Waals surface area contributed by atoms with E-state index in [1.807, 2.05) is 58.2 Å². The average molecular weight is 419 g/mol. The molecule has 0 bridgehead atoms. The molecule has 2 amide bonds. The zero-order valence-electron chi connectivity index (χ0n) is 19.1. The molecule has 2 aromatic rings. The lowest BCUT2D eigenvalue weighted by Gasteiger charge is -2.29. The fraction of sp³-hybridized carbons (Fsp3) is 0.591. The fourth-order valence-electron chi connectivity index (χ4n) is 3.24. The summed E-state index contributed by atoms with van der Waals surface area (Å²) < 4.78 is 12.4. The minimum Gasteiger partial charge on any atom is -0.444 e. The Morgan fingerprint density at radius 2 is 1.83 bits per heavy atom. The number of amides is 2. The van der Waals surface area contributed by atoms with Crippen molar-refractivity contribution in [3.63, 3.8) is 0 Å². The van der Waals surface area contributed by atoms with Crippen LogP contribution in [-0.2, 0) is 19.8 Å². The van der Waals surface area contributed by atoms with E-state index >= 15 is 0 Å². The van der Waals surface area contributed by atoms with Crippen molar-refractivity contribution >= 4 is 18.0 Å². The first-order valence-corrected chi connectivity index (χ1v) is 10.2. The number of hydrogen-bond acceptors (Lipinski definition) is 5. The number of rotatable bonds is 3. The Labute approximate surface area is 178 Å². The first-order chi connectivity index (χ1) is 14.0. The fourth-order valence-corrected chi connectivity index (χ4v) is 3.24. The number of pyridine rings is 1. The third-order valence-corrected chi connectivity index (χ3v) is 4.68. The molecule has 0 radical (unpaired) electrons. The van der Waals surface area contributed by atoms with Gasteiger partial charge in [0.15, 0.2) is 0 Å². The number of aromatic nitrogens is 2. The SMILES string of the molecule is CC(C)(C)OC(=O)N1CCOCC1.Cc1cccn2c(C(C)(C)NC=O)nc(C)c12. The highest BCUT2D eigenvalue weighted by Gasteiger charge is 2.26. The van der Waals surface area contributed by atoms with Crippen LogP contribution in [0.4, 0.5) is 4.79 Å². The number of morpholine rings is 1. The molecular weight excluding hydrogens is 384 g/mol.